The summed E-state index contributed by atoms with van der Waals surface area (Å²) in [6.07, 6.45) is 6.62. The zero-order chi connectivity index (χ0) is 13.7. The summed E-state index contributed by atoms with van der Waals surface area (Å²) < 4.78 is 5.15. The van der Waals surface area contributed by atoms with Crippen molar-refractivity contribution >= 4 is 5.97 Å². The van der Waals surface area contributed by atoms with Crippen molar-refractivity contribution in [2.75, 3.05) is 33.3 Å². The number of carbonyl (C=O) groups excluding carboxylic acids is 1. The number of nitrogens with zero attached hydrogens (tertiary/aromatic N) is 1. The molecule has 4 nitrogen and oxygen atoms in total. The molecule has 0 unspecified atom stereocenters. The molecule has 1 aliphatic heterocycles. The van der Waals surface area contributed by atoms with E-state index in [4.69, 9.17) is 4.74 Å². The van der Waals surface area contributed by atoms with Gasteiger partial charge in [0.1, 0.15) is 5.54 Å². The summed E-state index contributed by atoms with van der Waals surface area (Å²) in [7, 11) is 1.53. The lowest BCUT2D eigenvalue weighted by Gasteiger charge is -2.45. The Balaban J connectivity index is 2.12. The van der Waals surface area contributed by atoms with Gasteiger partial charge in [0.05, 0.1) is 7.11 Å². The van der Waals surface area contributed by atoms with Crippen LogP contribution in [0.3, 0.4) is 0 Å². The molecule has 0 bridgehead atoms. The van der Waals surface area contributed by atoms with Gasteiger partial charge in [0, 0.05) is 19.6 Å². The molecular weight excluding hydrogens is 240 g/mol. The molecule has 0 aromatic carbocycles. The highest BCUT2D eigenvalue weighted by atomic mass is 16.5. The first kappa shape index (κ1) is 14.8. The first-order valence-electron chi connectivity index (χ1n) is 7.77. The Kier molecular flexibility index (Phi) is 5.22. The van der Waals surface area contributed by atoms with Crippen LogP contribution in [0.15, 0.2) is 0 Å². The van der Waals surface area contributed by atoms with E-state index >= 15 is 0 Å². The van der Waals surface area contributed by atoms with Crippen LogP contribution < -0.4 is 5.32 Å². The Bertz CT molecular complexity index is 291. The first-order chi connectivity index (χ1) is 9.23. The van der Waals surface area contributed by atoms with Crippen LogP contribution in [-0.4, -0.2) is 49.7 Å². The molecule has 0 radical (unpaired) electrons. The molecule has 1 aliphatic carbocycles. The summed E-state index contributed by atoms with van der Waals surface area (Å²) in [5.41, 5.74) is -0.341. The molecule has 0 amide bonds. The predicted molar refractivity (Wildman–Crippen MR) is 76.1 cm³/mol. The highest BCUT2D eigenvalue weighted by Gasteiger charge is 2.47. The maximum atomic E-state index is 12.4. The van der Waals surface area contributed by atoms with Crippen molar-refractivity contribution in [1.29, 1.82) is 0 Å². The van der Waals surface area contributed by atoms with E-state index < -0.39 is 0 Å². The predicted octanol–water partition coefficient (Wildman–Crippen LogP) is 1.79. The highest BCUT2D eigenvalue weighted by molar-refractivity contribution is 5.81. The molecule has 0 spiro atoms. The minimum absolute atomic E-state index is 0.0102. The van der Waals surface area contributed by atoms with Crippen molar-refractivity contribution < 1.29 is 9.53 Å². The number of methoxy groups -OCH3 is 1. The number of nitrogens with one attached hydrogen (secondary N) is 1. The summed E-state index contributed by atoms with van der Waals surface area (Å²) in [5, 5.41) is 3.42. The third-order valence-electron chi connectivity index (χ3n) is 5.02. The molecule has 110 valence electrons. The SMILES string of the molecule is CCC1CCC(C(=O)OC)(N2CCCNCC2)CC1. The van der Waals surface area contributed by atoms with E-state index in [1.165, 1.54) is 13.5 Å². The molecule has 1 saturated carbocycles. The van der Waals surface area contributed by atoms with Gasteiger partial charge >= 0.3 is 5.97 Å². The van der Waals surface area contributed by atoms with Gasteiger partial charge in [0.15, 0.2) is 0 Å². The van der Waals surface area contributed by atoms with Crippen LogP contribution >= 0.6 is 0 Å². The first-order valence-corrected chi connectivity index (χ1v) is 7.77. The largest absolute Gasteiger partial charge is 0.468 e. The zero-order valence-electron chi connectivity index (χ0n) is 12.4. The number of carbonyl (C=O) groups is 1. The molecule has 1 heterocycles. The average Bonchev–Trinajstić information content (AvgIpc) is 2.76. The fourth-order valence-electron chi connectivity index (χ4n) is 3.68. The molecule has 1 N–H and O–H groups in total. The number of hydrogen-bond acceptors (Lipinski definition) is 4. The maximum Gasteiger partial charge on any atom is 0.326 e. The molecule has 0 atom stereocenters. The summed E-state index contributed by atoms with van der Waals surface area (Å²) in [6, 6.07) is 0. The fraction of sp³-hybridized carbons (Fsp3) is 0.933. The lowest BCUT2D eigenvalue weighted by Crippen LogP contribution is -2.57. The monoisotopic (exact) mass is 268 g/mol. The van der Waals surface area contributed by atoms with Crippen molar-refractivity contribution in [3.05, 3.63) is 0 Å². The normalized spacial score (nSPS) is 33.7. The summed E-state index contributed by atoms with van der Waals surface area (Å²) in [5.74, 6) is 0.784. The zero-order valence-corrected chi connectivity index (χ0v) is 12.4. The topological polar surface area (TPSA) is 41.6 Å². The van der Waals surface area contributed by atoms with Gasteiger partial charge < -0.3 is 10.1 Å². The lowest BCUT2D eigenvalue weighted by atomic mass is 9.74. The Morgan fingerprint density at radius 1 is 1.32 bits per heavy atom. The van der Waals surface area contributed by atoms with E-state index in [2.05, 4.69) is 17.1 Å². The van der Waals surface area contributed by atoms with E-state index in [1.54, 1.807) is 0 Å². The summed E-state index contributed by atoms with van der Waals surface area (Å²) in [4.78, 5) is 14.8. The standard InChI is InChI=1S/C15H28N2O2/c1-3-13-5-7-15(8-6-13,14(18)19-2)17-11-4-9-16-10-12-17/h13,16H,3-12H2,1-2H3. The highest BCUT2D eigenvalue weighted by Crippen LogP contribution is 2.38. The second kappa shape index (κ2) is 6.71. The molecule has 2 aliphatic rings. The molecule has 2 fully saturated rings. The third-order valence-corrected chi connectivity index (χ3v) is 5.02. The number of rotatable bonds is 3. The molecule has 0 aromatic rings. The van der Waals surface area contributed by atoms with Crippen LogP contribution in [0.5, 0.6) is 0 Å². The van der Waals surface area contributed by atoms with Crippen molar-refractivity contribution in [1.82, 2.24) is 10.2 Å². The number of hydrogen-bond donors (Lipinski definition) is 1. The average molecular weight is 268 g/mol. The quantitative estimate of drug-likeness (QED) is 0.793. The molecule has 19 heavy (non-hydrogen) atoms. The fourth-order valence-corrected chi connectivity index (χ4v) is 3.68. The van der Waals surface area contributed by atoms with Crippen molar-refractivity contribution in [3.8, 4) is 0 Å². The van der Waals surface area contributed by atoms with Crippen LogP contribution in [0, 0.1) is 5.92 Å². The van der Waals surface area contributed by atoms with E-state index in [-0.39, 0.29) is 11.5 Å². The van der Waals surface area contributed by atoms with Crippen molar-refractivity contribution in [2.45, 2.75) is 51.0 Å². The van der Waals surface area contributed by atoms with E-state index in [0.717, 1.165) is 64.2 Å². The van der Waals surface area contributed by atoms with Crippen LogP contribution in [0.1, 0.15) is 45.4 Å². The molecule has 4 heteroatoms. The van der Waals surface area contributed by atoms with E-state index in [1.807, 2.05) is 0 Å². The summed E-state index contributed by atoms with van der Waals surface area (Å²) in [6.45, 7) is 6.28. The Hall–Kier alpha value is -0.610. The lowest BCUT2D eigenvalue weighted by molar-refractivity contribution is -0.158. The smallest absolute Gasteiger partial charge is 0.326 e. The van der Waals surface area contributed by atoms with Crippen LogP contribution in [0.4, 0.5) is 0 Å². The van der Waals surface area contributed by atoms with Crippen LogP contribution in [0.2, 0.25) is 0 Å². The molecule has 0 aromatic heterocycles. The van der Waals surface area contributed by atoms with Crippen molar-refractivity contribution in [2.24, 2.45) is 5.92 Å². The van der Waals surface area contributed by atoms with Gasteiger partial charge in [-0.2, -0.15) is 0 Å². The molecule has 1 saturated heterocycles. The number of ether oxygens (including phenoxy) is 1. The van der Waals surface area contributed by atoms with Gasteiger partial charge in [-0.25, -0.2) is 0 Å². The second-order valence-electron chi connectivity index (χ2n) is 5.97. The van der Waals surface area contributed by atoms with Crippen LogP contribution in [0.25, 0.3) is 0 Å². The molecule has 2 rings (SSSR count). The molecular formula is C15H28N2O2. The Morgan fingerprint density at radius 3 is 2.68 bits per heavy atom. The van der Waals surface area contributed by atoms with Gasteiger partial charge in [-0.05, 0) is 44.6 Å². The van der Waals surface area contributed by atoms with E-state index in [9.17, 15) is 4.79 Å². The Labute approximate surface area is 116 Å². The van der Waals surface area contributed by atoms with Gasteiger partial charge in [-0.1, -0.05) is 13.3 Å². The van der Waals surface area contributed by atoms with Gasteiger partial charge in [0.25, 0.3) is 0 Å². The second-order valence-corrected chi connectivity index (χ2v) is 5.97. The minimum Gasteiger partial charge on any atom is -0.468 e. The third kappa shape index (κ3) is 3.11. The van der Waals surface area contributed by atoms with Crippen molar-refractivity contribution in [3.63, 3.8) is 0 Å². The van der Waals surface area contributed by atoms with E-state index in [0.29, 0.717) is 0 Å². The summed E-state index contributed by atoms with van der Waals surface area (Å²) >= 11 is 0. The Morgan fingerprint density at radius 2 is 2.05 bits per heavy atom. The van der Waals surface area contributed by atoms with Gasteiger partial charge in [-0.3, -0.25) is 9.69 Å². The van der Waals surface area contributed by atoms with Gasteiger partial charge in [0.2, 0.25) is 0 Å². The number of esters is 1. The minimum atomic E-state index is -0.341. The maximum absolute atomic E-state index is 12.4. The van der Waals surface area contributed by atoms with Crippen LogP contribution in [-0.2, 0) is 9.53 Å². The van der Waals surface area contributed by atoms with Gasteiger partial charge in [-0.15, -0.1) is 0 Å².